The van der Waals surface area contributed by atoms with Crippen molar-refractivity contribution in [2.24, 2.45) is 5.92 Å². The first-order valence-electron chi connectivity index (χ1n) is 5.35. The summed E-state index contributed by atoms with van der Waals surface area (Å²) in [6.45, 7) is 8.62. The van der Waals surface area contributed by atoms with Crippen molar-refractivity contribution in [3.63, 3.8) is 0 Å². The largest absolute Gasteiger partial charge is 0.460 e. The smallest absolute Gasteiger partial charge is 0.310 e. The van der Waals surface area contributed by atoms with Crippen LogP contribution in [0.2, 0.25) is 0 Å². The molecule has 0 amide bonds. The predicted octanol–water partition coefficient (Wildman–Crippen LogP) is 1.72. The Hall–Kier alpha value is -0.570. The van der Waals surface area contributed by atoms with Crippen LogP contribution in [0.3, 0.4) is 0 Å². The Balaban J connectivity index is 2.38. The first-order valence-corrected chi connectivity index (χ1v) is 5.35. The van der Waals surface area contributed by atoms with E-state index in [4.69, 9.17) is 4.74 Å². The van der Waals surface area contributed by atoms with Gasteiger partial charge in [0.2, 0.25) is 0 Å². The minimum atomic E-state index is -0.361. The van der Waals surface area contributed by atoms with Crippen molar-refractivity contribution in [3.05, 3.63) is 0 Å². The Bertz CT molecular complexity index is 200. The van der Waals surface area contributed by atoms with Crippen LogP contribution in [-0.4, -0.2) is 24.2 Å². The molecule has 0 aromatic heterocycles. The van der Waals surface area contributed by atoms with Gasteiger partial charge in [0.1, 0.15) is 5.60 Å². The van der Waals surface area contributed by atoms with Gasteiger partial charge in [0.25, 0.3) is 0 Å². The molecule has 0 spiro atoms. The molecular weight excluding hydrogens is 178 g/mol. The third-order valence-electron chi connectivity index (χ3n) is 2.40. The lowest BCUT2D eigenvalue weighted by molar-refractivity contribution is -0.160. The summed E-state index contributed by atoms with van der Waals surface area (Å²) in [6, 6.07) is 0.536. The fraction of sp³-hybridized carbons (Fsp3) is 0.909. The van der Waals surface area contributed by atoms with Crippen LogP contribution in [-0.2, 0) is 9.53 Å². The Kier molecular flexibility index (Phi) is 3.53. The van der Waals surface area contributed by atoms with Crippen LogP contribution in [0.5, 0.6) is 0 Å². The number of piperidine rings is 1. The third-order valence-corrected chi connectivity index (χ3v) is 2.40. The van der Waals surface area contributed by atoms with E-state index in [9.17, 15) is 4.79 Å². The number of carbonyl (C=O) groups is 1. The summed E-state index contributed by atoms with van der Waals surface area (Å²) < 4.78 is 5.33. The number of nitrogens with one attached hydrogen (secondary N) is 1. The summed E-state index contributed by atoms with van der Waals surface area (Å²) in [5.74, 6) is -0.0117. The molecule has 82 valence electrons. The number of carbonyl (C=O) groups excluding carboxylic acids is 1. The molecule has 0 aromatic rings. The molecule has 1 fully saturated rings. The Labute approximate surface area is 86.2 Å². The molecule has 0 bridgehead atoms. The molecule has 0 saturated carbocycles. The summed E-state index contributed by atoms with van der Waals surface area (Å²) in [5, 5.41) is 3.30. The molecule has 1 aliphatic rings. The second kappa shape index (κ2) is 4.30. The maximum atomic E-state index is 11.7. The third kappa shape index (κ3) is 3.66. The Morgan fingerprint density at radius 1 is 1.36 bits per heavy atom. The van der Waals surface area contributed by atoms with E-state index in [1.165, 1.54) is 0 Å². The van der Waals surface area contributed by atoms with Gasteiger partial charge in [-0.15, -0.1) is 0 Å². The molecule has 1 saturated heterocycles. The molecule has 2 atom stereocenters. The summed E-state index contributed by atoms with van der Waals surface area (Å²) >= 11 is 0. The van der Waals surface area contributed by atoms with Crippen LogP contribution in [0.1, 0.15) is 40.5 Å². The van der Waals surface area contributed by atoms with E-state index in [0.717, 1.165) is 19.4 Å². The lowest BCUT2D eigenvalue weighted by atomic mass is 9.95. The van der Waals surface area contributed by atoms with Crippen LogP contribution >= 0.6 is 0 Å². The summed E-state index contributed by atoms with van der Waals surface area (Å²) in [6.07, 6.45) is 2.01. The van der Waals surface area contributed by atoms with E-state index in [0.29, 0.717) is 6.04 Å². The quantitative estimate of drug-likeness (QED) is 0.653. The van der Waals surface area contributed by atoms with E-state index in [2.05, 4.69) is 12.2 Å². The molecule has 1 rings (SSSR count). The van der Waals surface area contributed by atoms with Gasteiger partial charge in [-0.25, -0.2) is 0 Å². The highest BCUT2D eigenvalue weighted by Crippen LogP contribution is 2.18. The summed E-state index contributed by atoms with van der Waals surface area (Å²) in [7, 11) is 0. The highest BCUT2D eigenvalue weighted by atomic mass is 16.6. The van der Waals surface area contributed by atoms with E-state index in [1.54, 1.807) is 0 Å². The highest BCUT2D eigenvalue weighted by Gasteiger charge is 2.28. The molecule has 0 aliphatic carbocycles. The zero-order valence-electron chi connectivity index (χ0n) is 9.59. The number of hydrogen-bond acceptors (Lipinski definition) is 3. The number of rotatable bonds is 1. The van der Waals surface area contributed by atoms with Gasteiger partial charge in [0, 0.05) is 12.6 Å². The Morgan fingerprint density at radius 2 is 2.00 bits per heavy atom. The standard InChI is InChI=1S/C11H21NO2/c1-8-5-6-9(7-12-8)10(13)14-11(2,3)4/h8-9,12H,5-7H2,1-4H3/t8-,9-/m0/s1. The second-order valence-corrected chi connectivity index (χ2v) is 5.12. The molecule has 3 heteroatoms. The van der Waals surface area contributed by atoms with Crippen molar-refractivity contribution in [1.29, 1.82) is 0 Å². The van der Waals surface area contributed by atoms with Crippen LogP contribution in [0.15, 0.2) is 0 Å². The normalized spacial score (nSPS) is 28.6. The van der Waals surface area contributed by atoms with Gasteiger partial charge in [-0.2, -0.15) is 0 Å². The van der Waals surface area contributed by atoms with Gasteiger partial charge >= 0.3 is 5.97 Å². The molecule has 0 radical (unpaired) electrons. The molecule has 3 nitrogen and oxygen atoms in total. The number of esters is 1. The maximum Gasteiger partial charge on any atom is 0.310 e. The predicted molar refractivity (Wildman–Crippen MR) is 56.0 cm³/mol. The average molecular weight is 199 g/mol. The summed E-state index contributed by atoms with van der Waals surface area (Å²) in [4.78, 5) is 11.7. The molecular formula is C11H21NO2. The van der Waals surface area contributed by atoms with Crippen molar-refractivity contribution >= 4 is 5.97 Å². The molecule has 14 heavy (non-hydrogen) atoms. The van der Waals surface area contributed by atoms with Gasteiger partial charge in [0.15, 0.2) is 0 Å². The van der Waals surface area contributed by atoms with Crippen LogP contribution in [0.4, 0.5) is 0 Å². The second-order valence-electron chi connectivity index (χ2n) is 5.12. The van der Waals surface area contributed by atoms with Crippen LogP contribution in [0, 0.1) is 5.92 Å². The molecule has 1 heterocycles. The van der Waals surface area contributed by atoms with Gasteiger partial charge in [-0.05, 0) is 40.5 Å². The van der Waals surface area contributed by atoms with Gasteiger partial charge in [0.05, 0.1) is 5.92 Å². The van der Waals surface area contributed by atoms with Gasteiger partial charge < -0.3 is 10.1 Å². The highest BCUT2D eigenvalue weighted by molar-refractivity contribution is 5.73. The fourth-order valence-electron chi connectivity index (χ4n) is 1.59. The molecule has 1 aliphatic heterocycles. The summed E-state index contributed by atoms with van der Waals surface area (Å²) in [5.41, 5.74) is -0.361. The molecule has 0 unspecified atom stereocenters. The lowest BCUT2D eigenvalue weighted by Gasteiger charge is -2.29. The zero-order valence-corrected chi connectivity index (χ0v) is 9.59. The Morgan fingerprint density at radius 3 is 2.43 bits per heavy atom. The fourth-order valence-corrected chi connectivity index (χ4v) is 1.59. The number of ether oxygens (including phenoxy) is 1. The van der Waals surface area contributed by atoms with Crippen molar-refractivity contribution in [3.8, 4) is 0 Å². The first-order chi connectivity index (χ1) is 6.38. The van der Waals surface area contributed by atoms with Crippen molar-refractivity contribution < 1.29 is 9.53 Å². The molecule has 0 aromatic carbocycles. The van der Waals surface area contributed by atoms with Crippen molar-refractivity contribution in [2.75, 3.05) is 6.54 Å². The van der Waals surface area contributed by atoms with E-state index in [-0.39, 0.29) is 17.5 Å². The van der Waals surface area contributed by atoms with E-state index < -0.39 is 0 Å². The minimum absolute atomic E-state index is 0.0467. The SMILES string of the molecule is C[C@H]1CC[C@H](C(=O)OC(C)(C)C)CN1. The average Bonchev–Trinajstić information content (AvgIpc) is 2.02. The van der Waals surface area contributed by atoms with Crippen LogP contribution in [0.25, 0.3) is 0 Å². The van der Waals surface area contributed by atoms with Crippen molar-refractivity contribution in [2.45, 2.75) is 52.2 Å². The lowest BCUT2D eigenvalue weighted by Crippen LogP contribution is -2.42. The van der Waals surface area contributed by atoms with Crippen LogP contribution < -0.4 is 5.32 Å². The number of hydrogen-bond donors (Lipinski definition) is 1. The monoisotopic (exact) mass is 199 g/mol. The minimum Gasteiger partial charge on any atom is -0.460 e. The van der Waals surface area contributed by atoms with Gasteiger partial charge in [-0.3, -0.25) is 4.79 Å². The first kappa shape index (κ1) is 11.5. The van der Waals surface area contributed by atoms with Crippen molar-refractivity contribution in [1.82, 2.24) is 5.32 Å². The topological polar surface area (TPSA) is 38.3 Å². The van der Waals surface area contributed by atoms with E-state index >= 15 is 0 Å². The maximum absolute atomic E-state index is 11.7. The zero-order chi connectivity index (χ0) is 10.8. The van der Waals surface area contributed by atoms with E-state index in [1.807, 2.05) is 20.8 Å². The van der Waals surface area contributed by atoms with Gasteiger partial charge in [-0.1, -0.05) is 0 Å². The molecule has 1 N–H and O–H groups in total.